The first-order valence-electron chi connectivity index (χ1n) is 15.1. The van der Waals surface area contributed by atoms with E-state index in [1.54, 1.807) is 6.07 Å². The van der Waals surface area contributed by atoms with Gasteiger partial charge < -0.3 is 14.4 Å². The zero-order valence-electron chi connectivity index (χ0n) is 26.6. The first-order chi connectivity index (χ1) is 21.6. The molecule has 0 aliphatic heterocycles. The van der Waals surface area contributed by atoms with Crippen molar-refractivity contribution in [3.05, 3.63) is 151 Å². The van der Waals surface area contributed by atoms with Crippen LogP contribution in [-0.2, 0) is 25.5 Å². The van der Waals surface area contributed by atoms with Crippen LogP contribution in [0.25, 0.3) is 44.5 Å². The van der Waals surface area contributed by atoms with Crippen molar-refractivity contribution in [2.45, 2.75) is 38.9 Å². The molecule has 7 rings (SSSR count). The fraction of sp³-hybridized carbons (Fsp3) is 0.150. The Balaban J connectivity index is 0.000000200. The molecular formula is C40H35FIrN2OSi-2. The molecule has 0 fully saturated rings. The molecule has 7 aromatic rings. The summed E-state index contributed by atoms with van der Waals surface area (Å²) >= 11 is 0. The Morgan fingerprint density at radius 1 is 0.739 bits per heavy atom. The Bertz CT molecular complexity index is 2070. The molecule has 0 saturated carbocycles. The molecular weight excluding hydrogens is 764 g/mol. The number of halogens is 1. The summed E-state index contributed by atoms with van der Waals surface area (Å²) in [7, 11) is -1.30. The van der Waals surface area contributed by atoms with Crippen LogP contribution in [0.3, 0.4) is 0 Å². The molecule has 0 saturated heterocycles. The first-order valence-corrected chi connectivity index (χ1v) is 18.6. The molecule has 0 N–H and O–H groups in total. The van der Waals surface area contributed by atoms with Crippen molar-refractivity contribution in [3.8, 4) is 22.5 Å². The summed E-state index contributed by atoms with van der Waals surface area (Å²) in [4.78, 5) is 9.07. The molecule has 3 nitrogen and oxygen atoms in total. The second kappa shape index (κ2) is 13.6. The Hall–Kier alpha value is -4.22. The van der Waals surface area contributed by atoms with Gasteiger partial charge in [-0.25, -0.2) is 0 Å². The third kappa shape index (κ3) is 6.95. The summed E-state index contributed by atoms with van der Waals surface area (Å²) < 4.78 is 19.0. The minimum atomic E-state index is -1.30. The normalized spacial score (nSPS) is 11.5. The molecule has 0 amide bonds. The predicted octanol–water partition coefficient (Wildman–Crippen LogP) is 10.0. The van der Waals surface area contributed by atoms with E-state index in [2.05, 4.69) is 116 Å². The fourth-order valence-electron chi connectivity index (χ4n) is 5.42. The van der Waals surface area contributed by atoms with Crippen LogP contribution in [0.5, 0.6) is 0 Å². The summed E-state index contributed by atoms with van der Waals surface area (Å²) in [6, 6.07) is 41.8. The molecule has 0 spiro atoms. The van der Waals surface area contributed by atoms with Crippen molar-refractivity contribution in [2.75, 3.05) is 0 Å². The van der Waals surface area contributed by atoms with Gasteiger partial charge in [0.1, 0.15) is 5.58 Å². The van der Waals surface area contributed by atoms with E-state index in [1.165, 1.54) is 28.4 Å². The van der Waals surface area contributed by atoms with Gasteiger partial charge in [-0.15, -0.1) is 48.0 Å². The number of rotatable bonds is 5. The predicted molar refractivity (Wildman–Crippen MR) is 186 cm³/mol. The Morgan fingerprint density at radius 3 is 2.20 bits per heavy atom. The summed E-state index contributed by atoms with van der Waals surface area (Å²) in [6.07, 6.45) is 3.81. The first kappa shape index (κ1) is 33.1. The Morgan fingerprint density at radius 2 is 1.50 bits per heavy atom. The monoisotopic (exact) mass is 799 g/mol. The van der Waals surface area contributed by atoms with E-state index in [0.29, 0.717) is 0 Å². The van der Waals surface area contributed by atoms with E-state index in [9.17, 15) is 4.39 Å². The molecule has 0 atom stereocenters. The van der Waals surface area contributed by atoms with Crippen LogP contribution in [0.2, 0.25) is 19.6 Å². The molecule has 0 unspecified atom stereocenters. The van der Waals surface area contributed by atoms with E-state index in [4.69, 9.17) is 4.42 Å². The number of furan rings is 1. The van der Waals surface area contributed by atoms with Crippen molar-refractivity contribution in [1.82, 2.24) is 9.97 Å². The smallest absolute Gasteiger partial charge is 0.120 e. The van der Waals surface area contributed by atoms with Gasteiger partial charge in [0, 0.05) is 49.1 Å². The summed E-state index contributed by atoms with van der Waals surface area (Å²) in [5, 5.41) is 3.54. The number of para-hydroxylation sites is 1. The van der Waals surface area contributed by atoms with Gasteiger partial charge in [0.25, 0.3) is 0 Å². The number of nitrogens with zero attached hydrogens (tertiary/aromatic N) is 2. The third-order valence-corrected chi connectivity index (χ3v) is 10.3. The van der Waals surface area contributed by atoms with Crippen molar-refractivity contribution in [3.63, 3.8) is 0 Å². The maximum absolute atomic E-state index is 12.8. The van der Waals surface area contributed by atoms with Gasteiger partial charge in [0.2, 0.25) is 0 Å². The molecule has 6 heteroatoms. The minimum absolute atomic E-state index is 0. The van der Waals surface area contributed by atoms with Gasteiger partial charge in [0.15, 0.2) is 0 Å². The van der Waals surface area contributed by atoms with Gasteiger partial charge in [-0.3, -0.25) is 4.39 Å². The van der Waals surface area contributed by atoms with Gasteiger partial charge >= 0.3 is 0 Å². The third-order valence-electron chi connectivity index (χ3n) is 8.25. The number of hydrogen-bond acceptors (Lipinski definition) is 3. The van der Waals surface area contributed by atoms with Gasteiger partial charge in [-0.1, -0.05) is 111 Å². The van der Waals surface area contributed by atoms with Gasteiger partial charge in [0.05, 0.1) is 13.7 Å². The molecule has 0 aliphatic rings. The minimum Gasteiger partial charge on any atom is -0.501 e. The molecule has 3 heterocycles. The zero-order chi connectivity index (χ0) is 31.6. The van der Waals surface area contributed by atoms with Gasteiger partial charge in [-0.2, -0.15) is 0 Å². The summed E-state index contributed by atoms with van der Waals surface area (Å²) in [5.41, 5.74) is 7.54. The van der Waals surface area contributed by atoms with Crippen molar-refractivity contribution >= 4 is 35.2 Å². The SMILES string of the molecule is CC(C)(c1ccccc1)c1ccnc(-c2[c-]ccc3c2oc2ccccc23)c1.C[Si](C)(C)c1ccc(-c2[c-]cc(F)cc2)nc1.[Ir]. The molecule has 0 bridgehead atoms. The second-order valence-corrected chi connectivity index (χ2v) is 17.8. The van der Waals surface area contributed by atoms with E-state index >= 15 is 0 Å². The van der Waals surface area contributed by atoms with E-state index in [1.807, 2.05) is 42.7 Å². The van der Waals surface area contributed by atoms with E-state index in [-0.39, 0.29) is 31.3 Å². The molecule has 233 valence electrons. The molecule has 1 radical (unpaired) electrons. The number of fused-ring (bicyclic) bond motifs is 3. The van der Waals surface area contributed by atoms with Crippen molar-refractivity contribution in [2.24, 2.45) is 0 Å². The van der Waals surface area contributed by atoms with Crippen LogP contribution < -0.4 is 5.19 Å². The van der Waals surface area contributed by atoms with Crippen LogP contribution in [0.1, 0.15) is 25.0 Å². The van der Waals surface area contributed by atoms with Crippen LogP contribution in [-0.4, -0.2) is 18.0 Å². The fourth-order valence-corrected chi connectivity index (χ4v) is 6.46. The topological polar surface area (TPSA) is 38.9 Å². The van der Waals surface area contributed by atoms with E-state index < -0.39 is 8.07 Å². The molecule has 4 aromatic carbocycles. The van der Waals surface area contributed by atoms with Crippen molar-refractivity contribution in [1.29, 1.82) is 0 Å². The average molecular weight is 799 g/mol. The van der Waals surface area contributed by atoms with Crippen LogP contribution >= 0.6 is 0 Å². The Kier molecular flexibility index (Phi) is 9.83. The largest absolute Gasteiger partial charge is 0.501 e. The molecule has 0 aliphatic carbocycles. The zero-order valence-corrected chi connectivity index (χ0v) is 30.0. The van der Waals surface area contributed by atoms with E-state index in [0.717, 1.165) is 44.5 Å². The van der Waals surface area contributed by atoms with Crippen LogP contribution in [0, 0.1) is 17.9 Å². The maximum Gasteiger partial charge on any atom is 0.120 e. The van der Waals surface area contributed by atoms with Crippen molar-refractivity contribution < 1.29 is 28.9 Å². The number of hydrogen-bond donors (Lipinski definition) is 0. The standard InChI is InChI=1S/C26H20NO.C14H15FNSi.Ir/c1-26(2,18-9-4-3-5-10-18)19-15-16-27-23(17-19)22-13-8-12-21-20-11-6-7-14-24(20)28-25(21)22;1-17(2,3)13-8-9-14(16-10-13)11-4-6-12(15)7-5-11;/h3-12,14-17H,1-2H3;4,6-10H,1-3H3;/q2*-1;. The van der Waals surface area contributed by atoms with Crippen LogP contribution in [0.4, 0.5) is 4.39 Å². The average Bonchev–Trinajstić information content (AvgIpc) is 3.45. The molecule has 3 aromatic heterocycles. The summed E-state index contributed by atoms with van der Waals surface area (Å²) in [6.45, 7) is 11.3. The number of aromatic nitrogens is 2. The Labute approximate surface area is 284 Å². The van der Waals surface area contributed by atoms with Crippen LogP contribution in [0.15, 0.2) is 126 Å². The second-order valence-electron chi connectivity index (χ2n) is 12.7. The number of pyridine rings is 2. The number of benzene rings is 4. The quantitative estimate of drug-likeness (QED) is 0.129. The molecule has 46 heavy (non-hydrogen) atoms. The summed E-state index contributed by atoms with van der Waals surface area (Å²) in [5.74, 6) is -0.271. The van der Waals surface area contributed by atoms with Gasteiger partial charge in [-0.05, 0) is 39.8 Å². The maximum atomic E-state index is 12.8.